The number of anilines is 1. The smallest absolute Gasteiger partial charge is 0.325 e. The number of rotatable bonds is 5. The molecule has 1 aliphatic carbocycles. The van der Waals surface area contributed by atoms with E-state index in [9.17, 15) is 18.0 Å². The number of amides is 1. The number of nitrogens with zero attached hydrogens (tertiary/aromatic N) is 2. The van der Waals surface area contributed by atoms with Gasteiger partial charge in [-0.3, -0.25) is 13.9 Å². The lowest BCUT2D eigenvalue weighted by atomic mass is 9.87. The van der Waals surface area contributed by atoms with Crippen molar-refractivity contribution in [3.05, 3.63) is 52.4 Å². The highest BCUT2D eigenvalue weighted by Crippen LogP contribution is 2.33. The Morgan fingerprint density at radius 3 is 2.22 bits per heavy atom. The highest BCUT2D eigenvalue weighted by molar-refractivity contribution is 7.91. The van der Waals surface area contributed by atoms with Crippen LogP contribution in [-0.2, 0) is 28.7 Å². The zero-order valence-electron chi connectivity index (χ0n) is 18.7. The Kier molecular flexibility index (Phi) is 5.99. The number of carbonyl (C=O) groups excluding carboxylic acids is 1. The summed E-state index contributed by atoms with van der Waals surface area (Å²) in [4.78, 5) is 25.4. The number of fused-ring (bicyclic) bond motifs is 1. The van der Waals surface area contributed by atoms with Gasteiger partial charge in [0.15, 0.2) is 0 Å². The minimum atomic E-state index is -3.92. The van der Waals surface area contributed by atoms with E-state index in [4.69, 9.17) is 0 Å². The summed E-state index contributed by atoms with van der Waals surface area (Å²) < 4.78 is 29.9. The molecule has 1 aliphatic rings. The van der Waals surface area contributed by atoms with Crippen LogP contribution in [-0.4, -0.2) is 23.5 Å². The van der Waals surface area contributed by atoms with Gasteiger partial charge in [-0.25, -0.2) is 13.2 Å². The van der Waals surface area contributed by atoms with E-state index < -0.39 is 9.84 Å². The van der Waals surface area contributed by atoms with E-state index in [1.807, 2.05) is 6.92 Å². The van der Waals surface area contributed by atoms with Crippen molar-refractivity contribution in [1.29, 1.82) is 0 Å². The molecule has 1 aromatic heterocycles. The molecule has 1 fully saturated rings. The van der Waals surface area contributed by atoms with Gasteiger partial charge in [-0.15, -0.1) is 0 Å². The highest BCUT2D eigenvalue weighted by atomic mass is 32.2. The Bertz CT molecular complexity index is 1330. The molecule has 3 aromatic rings. The van der Waals surface area contributed by atoms with Gasteiger partial charge in [-0.2, -0.15) is 0 Å². The number of imidazole rings is 1. The molecule has 32 heavy (non-hydrogen) atoms. The van der Waals surface area contributed by atoms with Gasteiger partial charge in [0.2, 0.25) is 15.7 Å². The van der Waals surface area contributed by atoms with Crippen molar-refractivity contribution in [3.63, 3.8) is 0 Å². The normalized spacial score (nSPS) is 15.2. The van der Waals surface area contributed by atoms with Gasteiger partial charge in [0.25, 0.3) is 0 Å². The maximum Gasteiger partial charge on any atom is 0.328 e. The largest absolute Gasteiger partial charge is 0.328 e. The Hall–Kier alpha value is -2.87. The van der Waals surface area contributed by atoms with Crippen LogP contribution in [0.2, 0.25) is 0 Å². The maximum atomic E-state index is 13.5. The molecule has 0 bridgehead atoms. The van der Waals surface area contributed by atoms with E-state index >= 15 is 0 Å². The summed E-state index contributed by atoms with van der Waals surface area (Å²) in [7, 11) is -0.679. The van der Waals surface area contributed by atoms with Gasteiger partial charge < -0.3 is 5.32 Å². The molecule has 0 atom stereocenters. The predicted molar refractivity (Wildman–Crippen MR) is 125 cm³/mol. The van der Waals surface area contributed by atoms with E-state index in [0.717, 1.165) is 31.2 Å². The van der Waals surface area contributed by atoms with Crippen molar-refractivity contribution >= 4 is 32.5 Å². The zero-order chi connectivity index (χ0) is 23.0. The van der Waals surface area contributed by atoms with Crippen LogP contribution in [0.5, 0.6) is 0 Å². The van der Waals surface area contributed by atoms with Crippen LogP contribution >= 0.6 is 0 Å². The number of aryl methyl sites for hydroxylation is 3. The molecule has 1 N–H and O–H groups in total. The van der Waals surface area contributed by atoms with Crippen molar-refractivity contribution in [2.75, 3.05) is 5.32 Å². The first-order valence-corrected chi connectivity index (χ1v) is 12.5. The van der Waals surface area contributed by atoms with E-state index in [2.05, 4.69) is 5.32 Å². The van der Waals surface area contributed by atoms with Crippen LogP contribution in [0.25, 0.3) is 11.0 Å². The number of hydrogen-bond donors (Lipinski definition) is 1. The third kappa shape index (κ3) is 4.11. The molecule has 0 spiro atoms. The minimum Gasteiger partial charge on any atom is -0.325 e. The number of benzene rings is 2. The topological polar surface area (TPSA) is 90.2 Å². The summed E-state index contributed by atoms with van der Waals surface area (Å²) in [6.07, 6.45) is 5.88. The second-order valence-corrected chi connectivity index (χ2v) is 10.7. The molecule has 8 heteroatoms. The second-order valence-electron chi connectivity index (χ2n) is 8.81. The maximum absolute atomic E-state index is 13.5. The van der Waals surface area contributed by atoms with E-state index in [1.54, 1.807) is 44.4 Å². The fourth-order valence-corrected chi connectivity index (χ4v) is 5.96. The van der Waals surface area contributed by atoms with Gasteiger partial charge >= 0.3 is 5.69 Å². The molecule has 170 valence electrons. The Labute approximate surface area is 188 Å². The lowest BCUT2D eigenvalue weighted by Crippen LogP contribution is -2.20. The van der Waals surface area contributed by atoms with Gasteiger partial charge in [0.1, 0.15) is 0 Å². The monoisotopic (exact) mass is 455 g/mol. The van der Waals surface area contributed by atoms with Crippen molar-refractivity contribution in [2.24, 2.45) is 20.0 Å². The van der Waals surface area contributed by atoms with E-state index in [0.29, 0.717) is 23.4 Å². The predicted octanol–water partition coefficient (Wildman–Crippen LogP) is 3.93. The molecule has 7 nitrogen and oxygen atoms in total. The summed E-state index contributed by atoms with van der Waals surface area (Å²) in [6, 6.07) is 9.69. The third-order valence-electron chi connectivity index (χ3n) is 6.47. The third-order valence-corrected chi connectivity index (χ3v) is 8.28. The van der Waals surface area contributed by atoms with Crippen LogP contribution in [0.4, 0.5) is 5.69 Å². The number of carbonyl (C=O) groups is 1. The Balaban J connectivity index is 1.80. The van der Waals surface area contributed by atoms with Crippen LogP contribution < -0.4 is 11.0 Å². The minimum absolute atomic E-state index is 0.00736. The summed E-state index contributed by atoms with van der Waals surface area (Å²) in [5, 5.41) is 2.85. The average Bonchev–Trinajstić information content (AvgIpc) is 2.97. The molecule has 0 unspecified atom stereocenters. The van der Waals surface area contributed by atoms with Gasteiger partial charge in [0.05, 0.1) is 26.5 Å². The fraction of sp³-hybridized carbons (Fsp3) is 0.417. The Morgan fingerprint density at radius 1 is 1.00 bits per heavy atom. The van der Waals surface area contributed by atoms with Gasteiger partial charge in [-0.1, -0.05) is 37.0 Å². The molecule has 2 aromatic carbocycles. The first kappa shape index (κ1) is 22.3. The summed E-state index contributed by atoms with van der Waals surface area (Å²) in [5.41, 5.74) is 1.96. The fourth-order valence-electron chi connectivity index (χ4n) is 4.55. The average molecular weight is 456 g/mol. The van der Waals surface area contributed by atoms with Crippen LogP contribution in [0, 0.1) is 12.8 Å². The van der Waals surface area contributed by atoms with E-state index in [-0.39, 0.29) is 27.1 Å². The molecular formula is C24H29N3O4S. The number of aromatic nitrogens is 2. The first-order chi connectivity index (χ1) is 15.2. The lowest BCUT2D eigenvalue weighted by molar-refractivity contribution is -0.117. The van der Waals surface area contributed by atoms with Gasteiger partial charge in [-0.05, 0) is 49.9 Å². The zero-order valence-corrected chi connectivity index (χ0v) is 19.5. The summed E-state index contributed by atoms with van der Waals surface area (Å²) >= 11 is 0. The van der Waals surface area contributed by atoms with Crippen molar-refractivity contribution < 1.29 is 13.2 Å². The molecule has 4 rings (SSSR count). The summed E-state index contributed by atoms with van der Waals surface area (Å²) in [5.74, 6) is 0.128. The quantitative estimate of drug-likeness (QED) is 0.631. The van der Waals surface area contributed by atoms with Crippen molar-refractivity contribution in [1.82, 2.24) is 9.13 Å². The van der Waals surface area contributed by atoms with Crippen LogP contribution in [0.15, 0.2) is 51.0 Å². The number of sulfone groups is 1. The number of nitrogens with one attached hydrogen (secondary N) is 1. The van der Waals surface area contributed by atoms with Crippen LogP contribution in [0.3, 0.4) is 0 Å². The molecule has 0 saturated heterocycles. The molecule has 1 amide bonds. The second kappa shape index (κ2) is 8.58. The molecule has 0 aliphatic heterocycles. The molecule has 0 radical (unpaired) electrons. The molecular weight excluding hydrogens is 426 g/mol. The van der Waals surface area contributed by atoms with Crippen molar-refractivity contribution in [2.45, 2.75) is 55.2 Å². The number of hydrogen-bond acceptors (Lipinski definition) is 4. The molecule has 1 heterocycles. The first-order valence-electron chi connectivity index (χ1n) is 11.0. The molecule has 1 saturated carbocycles. The standard InChI is InChI=1S/C24H29N3O4S/c1-16-9-11-18(12-10-16)32(30,31)22-15-21-20(26(2)24(29)27(21)3)14-19(22)25-23(28)13-17-7-5-4-6-8-17/h9-12,14-15,17H,4-8,13H2,1-3H3,(H,25,28). The summed E-state index contributed by atoms with van der Waals surface area (Å²) in [6.45, 7) is 1.89. The van der Waals surface area contributed by atoms with Crippen molar-refractivity contribution in [3.8, 4) is 0 Å². The Morgan fingerprint density at radius 2 is 1.59 bits per heavy atom. The lowest BCUT2D eigenvalue weighted by Gasteiger charge is -2.21. The van der Waals surface area contributed by atoms with Crippen LogP contribution in [0.1, 0.15) is 44.1 Å². The highest BCUT2D eigenvalue weighted by Gasteiger charge is 2.26. The SMILES string of the molecule is Cc1ccc(S(=O)(=O)c2cc3c(cc2NC(=O)CC2CCCCC2)n(C)c(=O)n3C)cc1. The van der Waals surface area contributed by atoms with E-state index in [1.165, 1.54) is 21.6 Å². The van der Waals surface area contributed by atoms with Gasteiger partial charge in [0, 0.05) is 20.5 Å².